The number of amides is 2. The maximum absolute atomic E-state index is 12.2. The number of hydrogen-bond donors (Lipinski definition) is 1. The minimum Gasteiger partial charge on any atom is -0.457 e. The van der Waals surface area contributed by atoms with Gasteiger partial charge in [-0.25, -0.2) is 9.80 Å². The number of hydrogen-bond acceptors (Lipinski definition) is 4. The molecule has 1 fully saturated rings. The van der Waals surface area contributed by atoms with E-state index in [4.69, 9.17) is 4.74 Å². The highest BCUT2D eigenvalue weighted by atomic mass is 16.5. The third kappa shape index (κ3) is 3.91. The first-order valence-electron chi connectivity index (χ1n) is 8.40. The maximum atomic E-state index is 12.2. The maximum Gasteiger partial charge on any atom is 0.338 e. The predicted molar refractivity (Wildman–Crippen MR) is 96.3 cm³/mol. The van der Waals surface area contributed by atoms with Gasteiger partial charge >= 0.3 is 5.97 Å². The van der Waals surface area contributed by atoms with Crippen molar-refractivity contribution in [3.63, 3.8) is 0 Å². The number of rotatable bonds is 4. The largest absolute Gasteiger partial charge is 0.457 e. The Morgan fingerprint density at radius 2 is 1.81 bits per heavy atom. The van der Waals surface area contributed by atoms with Gasteiger partial charge in [-0.15, -0.1) is 0 Å². The number of nitrogens with one attached hydrogen (secondary N) is 1. The number of carbonyl (C=O) groups is 3. The summed E-state index contributed by atoms with van der Waals surface area (Å²) in [7, 11) is 0. The molecule has 1 aliphatic heterocycles. The van der Waals surface area contributed by atoms with Crippen LogP contribution in [0.25, 0.3) is 0 Å². The summed E-state index contributed by atoms with van der Waals surface area (Å²) in [5.41, 5.74) is 6.56. The molecule has 0 aromatic heterocycles. The summed E-state index contributed by atoms with van der Waals surface area (Å²) in [5.74, 6) is -0.831. The topological polar surface area (TPSA) is 75.7 Å². The molecule has 0 atom stereocenters. The summed E-state index contributed by atoms with van der Waals surface area (Å²) >= 11 is 0. The Kier molecular flexibility index (Phi) is 5.02. The third-order valence-corrected chi connectivity index (χ3v) is 4.28. The highest BCUT2D eigenvalue weighted by Crippen LogP contribution is 2.19. The Morgan fingerprint density at radius 1 is 1.08 bits per heavy atom. The molecule has 6 nitrogen and oxygen atoms in total. The van der Waals surface area contributed by atoms with Gasteiger partial charge in [0, 0.05) is 12.8 Å². The van der Waals surface area contributed by atoms with E-state index in [1.807, 2.05) is 32.0 Å². The fourth-order valence-electron chi connectivity index (χ4n) is 2.71. The molecule has 1 heterocycles. The van der Waals surface area contributed by atoms with E-state index in [1.54, 1.807) is 24.3 Å². The van der Waals surface area contributed by atoms with E-state index in [-0.39, 0.29) is 31.3 Å². The second-order valence-corrected chi connectivity index (χ2v) is 6.32. The van der Waals surface area contributed by atoms with E-state index in [2.05, 4.69) is 5.43 Å². The Hall–Kier alpha value is -3.15. The van der Waals surface area contributed by atoms with Crippen LogP contribution in [0.4, 0.5) is 5.69 Å². The number of benzene rings is 2. The highest BCUT2D eigenvalue weighted by Gasteiger charge is 2.24. The lowest BCUT2D eigenvalue weighted by atomic mass is 10.1. The summed E-state index contributed by atoms with van der Waals surface area (Å²) in [6.07, 6.45) is 0.365. The SMILES string of the molecule is Cc1ccc(C)c(COC(=O)c2ccc(N3NC(=O)CCC3=O)cc2)c1. The number of aryl methyl sites for hydroxylation is 2. The van der Waals surface area contributed by atoms with Gasteiger partial charge < -0.3 is 4.74 Å². The number of nitrogens with zero attached hydrogens (tertiary/aromatic N) is 1. The first-order chi connectivity index (χ1) is 12.4. The standard InChI is InChI=1S/C20H20N2O4/c1-13-3-4-14(2)16(11-13)12-26-20(25)15-5-7-17(8-6-15)22-19(24)10-9-18(23)21-22/h3-8,11H,9-10,12H2,1-2H3,(H,21,23). The summed E-state index contributed by atoms with van der Waals surface area (Å²) in [5, 5.41) is 1.21. The fourth-order valence-corrected chi connectivity index (χ4v) is 2.71. The number of ether oxygens (including phenoxy) is 1. The summed E-state index contributed by atoms with van der Waals surface area (Å²) in [4.78, 5) is 35.6. The summed E-state index contributed by atoms with van der Waals surface area (Å²) < 4.78 is 5.38. The van der Waals surface area contributed by atoms with Crippen LogP contribution in [-0.4, -0.2) is 17.8 Å². The van der Waals surface area contributed by atoms with Crippen LogP contribution in [0.1, 0.15) is 39.9 Å². The zero-order chi connectivity index (χ0) is 18.7. The molecule has 0 aliphatic carbocycles. The second kappa shape index (κ2) is 7.39. The minimum absolute atomic E-state index is 0.172. The van der Waals surface area contributed by atoms with Gasteiger partial charge in [0.15, 0.2) is 0 Å². The molecule has 2 aromatic rings. The van der Waals surface area contributed by atoms with Crippen LogP contribution in [-0.2, 0) is 20.9 Å². The van der Waals surface area contributed by atoms with Gasteiger partial charge in [-0.05, 0) is 49.2 Å². The Labute approximate surface area is 151 Å². The molecule has 0 unspecified atom stereocenters. The van der Waals surface area contributed by atoms with Crippen LogP contribution in [0.15, 0.2) is 42.5 Å². The molecule has 134 valence electrons. The normalized spacial score (nSPS) is 14.2. The lowest BCUT2D eigenvalue weighted by molar-refractivity contribution is -0.130. The quantitative estimate of drug-likeness (QED) is 0.859. The van der Waals surface area contributed by atoms with Gasteiger partial charge in [0.05, 0.1) is 11.3 Å². The Bertz CT molecular complexity index is 859. The zero-order valence-corrected chi connectivity index (χ0v) is 14.7. The Morgan fingerprint density at radius 3 is 2.54 bits per heavy atom. The van der Waals surface area contributed by atoms with Gasteiger partial charge in [0.25, 0.3) is 0 Å². The molecular weight excluding hydrogens is 332 g/mol. The van der Waals surface area contributed by atoms with Crippen LogP contribution in [0.3, 0.4) is 0 Å². The number of hydrazine groups is 1. The molecule has 2 aromatic carbocycles. The Balaban J connectivity index is 1.66. The van der Waals surface area contributed by atoms with Crippen molar-refractivity contribution in [2.75, 3.05) is 5.01 Å². The first-order valence-corrected chi connectivity index (χ1v) is 8.40. The van der Waals surface area contributed by atoms with Crippen LogP contribution >= 0.6 is 0 Å². The minimum atomic E-state index is -0.438. The first kappa shape index (κ1) is 17.7. The molecule has 0 spiro atoms. The zero-order valence-electron chi connectivity index (χ0n) is 14.7. The number of anilines is 1. The van der Waals surface area contributed by atoms with Gasteiger partial charge in [-0.2, -0.15) is 0 Å². The lowest BCUT2D eigenvalue weighted by Gasteiger charge is -2.27. The van der Waals surface area contributed by atoms with Crippen LogP contribution < -0.4 is 10.4 Å². The lowest BCUT2D eigenvalue weighted by Crippen LogP contribution is -2.50. The molecular formula is C20H20N2O4. The molecule has 6 heteroatoms. The molecule has 0 bridgehead atoms. The van der Waals surface area contributed by atoms with Crippen molar-refractivity contribution < 1.29 is 19.1 Å². The second-order valence-electron chi connectivity index (χ2n) is 6.32. The number of carbonyl (C=O) groups excluding carboxylic acids is 3. The molecule has 1 saturated heterocycles. The predicted octanol–water partition coefficient (Wildman–Crippen LogP) is 2.82. The average molecular weight is 352 g/mol. The van der Waals surface area contributed by atoms with E-state index < -0.39 is 5.97 Å². The average Bonchev–Trinajstić information content (AvgIpc) is 2.64. The van der Waals surface area contributed by atoms with Gasteiger partial charge in [-0.1, -0.05) is 23.8 Å². The molecule has 1 aliphatic rings. The van der Waals surface area contributed by atoms with Crippen LogP contribution in [0, 0.1) is 13.8 Å². The van der Waals surface area contributed by atoms with Gasteiger partial charge in [0.2, 0.25) is 11.8 Å². The van der Waals surface area contributed by atoms with Gasteiger partial charge in [-0.3, -0.25) is 15.0 Å². The molecule has 0 radical (unpaired) electrons. The summed E-state index contributed by atoms with van der Waals surface area (Å²) in [6, 6.07) is 12.4. The van der Waals surface area contributed by atoms with Crippen molar-refractivity contribution in [3.05, 3.63) is 64.7 Å². The van der Waals surface area contributed by atoms with E-state index in [0.29, 0.717) is 11.3 Å². The fraction of sp³-hybridized carbons (Fsp3) is 0.250. The van der Waals surface area contributed by atoms with Crippen molar-refractivity contribution in [2.45, 2.75) is 33.3 Å². The van der Waals surface area contributed by atoms with Crippen LogP contribution in [0.5, 0.6) is 0 Å². The number of esters is 1. The van der Waals surface area contributed by atoms with Gasteiger partial charge in [0.1, 0.15) is 6.61 Å². The van der Waals surface area contributed by atoms with Crippen molar-refractivity contribution >= 4 is 23.5 Å². The smallest absolute Gasteiger partial charge is 0.338 e. The van der Waals surface area contributed by atoms with E-state index in [1.165, 1.54) is 5.01 Å². The monoisotopic (exact) mass is 352 g/mol. The summed E-state index contributed by atoms with van der Waals surface area (Å²) in [6.45, 7) is 4.17. The van der Waals surface area contributed by atoms with E-state index in [9.17, 15) is 14.4 Å². The molecule has 2 amide bonds. The van der Waals surface area contributed by atoms with E-state index >= 15 is 0 Å². The third-order valence-electron chi connectivity index (χ3n) is 4.28. The van der Waals surface area contributed by atoms with Crippen LogP contribution in [0.2, 0.25) is 0 Å². The van der Waals surface area contributed by atoms with Crippen molar-refractivity contribution in [3.8, 4) is 0 Å². The molecule has 26 heavy (non-hydrogen) atoms. The molecule has 0 saturated carbocycles. The molecule has 3 rings (SSSR count). The van der Waals surface area contributed by atoms with Crippen molar-refractivity contribution in [1.82, 2.24) is 5.43 Å². The van der Waals surface area contributed by atoms with E-state index in [0.717, 1.165) is 16.7 Å². The highest BCUT2D eigenvalue weighted by molar-refractivity contribution is 6.01. The molecule has 1 N–H and O–H groups in total. The van der Waals surface area contributed by atoms with Crippen molar-refractivity contribution in [2.24, 2.45) is 0 Å². The van der Waals surface area contributed by atoms with Crippen molar-refractivity contribution in [1.29, 1.82) is 0 Å².